The largest absolute Gasteiger partial charge is 0.348 e. The maximum absolute atomic E-state index is 12.9. The molecule has 0 spiro atoms. The van der Waals surface area contributed by atoms with Crippen molar-refractivity contribution in [1.82, 2.24) is 10.2 Å². The predicted octanol–water partition coefficient (Wildman–Crippen LogP) is 4.07. The number of likely N-dealkylation sites (tertiary alicyclic amines) is 1. The smallest absolute Gasteiger partial charge is 0.264 e. The van der Waals surface area contributed by atoms with Crippen LogP contribution >= 0.6 is 0 Å². The van der Waals surface area contributed by atoms with Crippen LogP contribution in [0.4, 0.5) is 5.69 Å². The lowest BCUT2D eigenvalue weighted by molar-refractivity contribution is 0.0724. The zero-order valence-corrected chi connectivity index (χ0v) is 20.5. The van der Waals surface area contributed by atoms with Gasteiger partial charge in [-0.05, 0) is 73.4 Å². The molecular formula is C27H29N3O4S. The molecule has 0 atom stereocenters. The van der Waals surface area contributed by atoms with Gasteiger partial charge in [-0.2, -0.15) is 0 Å². The Morgan fingerprint density at radius 3 is 2.06 bits per heavy atom. The van der Waals surface area contributed by atoms with E-state index in [4.69, 9.17) is 0 Å². The van der Waals surface area contributed by atoms with Crippen LogP contribution < -0.4 is 9.62 Å². The zero-order chi connectivity index (χ0) is 24.8. The number of anilines is 1. The Bertz CT molecular complexity index is 1270. The molecule has 8 heteroatoms. The molecule has 0 aliphatic carbocycles. The fourth-order valence-corrected chi connectivity index (χ4v) is 5.24. The van der Waals surface area contributed by atoms with Crippen LogP contribution in [0.2, 0.25) is 0 Å². The standard InChI is InChI=1S/C27H29N3O4S/c1-29(24-8-4-2-5-9-24)35(33,34)25-16-14-22(15-17-25)26(31)28-20-21-10-12-23(13-11-21)27(32)30-18-6-3-7-19-30/h2,4-5,8-17H,3,6-7,18-20H2,1H3,(H,28,31). The summed E-state index contributed by atoms with van der Waals surface area (Å²) >= 11 is 0. The van der Waals surface area contributed by atoms with Gasteiger partial charge in [0, 0.05) is 37.8 Å². The molecule has 4 rings (SSSR count). The Kier molecular flexibility index (Phi) is 7.51. The van der Waals surface area contributed by atoms with E-state index in [1.807, 2.05) is 23.1 Å². The molecule has 1 saturated heterocycles. The van der Waals surface area contributed by atoms with Crippen molar-refractivity contribution in [3.05, 3.63) is 95.6 Å². The molecule has 0 unspecified atom stereocenters. The van der Waals surface area contributed by atoms with E-state index >= 15 is 0 Å². The molecule has 2 amide bonds. The van der Waals surface area contributed by atoms with Crippen molar-refractivity contribution in [3.8, 4) is 0 Å². The van der Waals surface area contributed by atoms with Gasteiger partial charge in [0.25, 0.3) is 21.8 Å². The summed E-state index contributed by atoms with van der Waals surface area (Å²) in [5.74, 6) is -0.257. The van der Waals surface area contributed by atoms with Gasteiger partial charge in [-0.1, -0.05) is 30.3 Å². The molecule has 3 aromatic carbocycles. The van der Waals surface area contributed by atoms with Crippen LogP contribution in [0.25, 0.3) is 0 Å². The lowest BCUT2D eigenvalue weighted by Crippen LogP contribution is -2.35. The molecule has 1 aliphatic rings. The summed E-state index contributed by atoms with van der Waals surface area (Å²) < 4.78 is 27.0. The summed E-state index contributed by atoms with van der Waals surface area (Å²) in [6.07, 6.45) is 3.27. The number of amides is 2. The number of benzene rings is 3. The molecule has 35 heavy (non-hydrogen) atoms. The summed E-state index contributed by atoms with van der Waals surface area (Å²) in [6, 6.07) is 21.9. The number of sulfonamides is 1. The second-order valence-corrected chi connectivity index (χ2v) is 10.5. The molecule has 1 fully saturated rings. The average molecular weight is 492 g/mol. The minimum absolute atomic E-state index is 0.0493. The molecular weight excluding hydrogens is 462 g/mol. The number of carbonyl (C=O) groups excluding carboxylic acids is 2. The van der Waals surface area contributed by atoms with Gasteiger partial charge in [0.2, 0.25) is 0 Å². The maximum Gasteiger partial charge on any atom is 0.264 e. The van der Waals surface area contributed by atoms with Crippen molar-refractivity contribution in [3.63, 3.8) is 0 Å². The van der Waals surface area contributed by atoms with Crippen LogP contribution in [0.5, 0.6) is 0 Å². The first-order valence-electron chi connectivity index (χ1n) is 11.7. The van der Waals surface area contributed by atoms with Crippen LogP contribution in [0.15, 0.2) is 83.8 Å². The van der Waals surface area contributed by atoms with Crippen LogP contribution in [-0.2, 0) is 16.6 Å². The normalized spacial score (nSPS) is 13.8. The lowest BCUT2D eigenvalue weighted by Gasteiger charge is -2.26. The van der Waals surface area contributed by atoms with E-state index in [9.17, 15) is 18.0 Å². The quantitative estimate of drug-likeness (QED) is 0.540. The number of para-hydroxylation sites is 1. The Morgan fingerprint density at radius 1 is 0.829 bits per heavy atom. The van der Waals surface area contributed by atoms with Gasteiger partial charge in [0.15, 0.2) is 0 Å². The van der Waals surface area contributed by atoms with Crippen molar-refractivity contribution in [1.29, 1.82) is 0 Å². The highest BCUT2D eigenvalue weighted by molar-refractivity contribution is 7.92. The van der Waals surface area contributed by atoms with E-state index in [1.165, 1.54) is 42.0 Å². The van der Waals surface area contributed by atoms with Gasteiger partial charge in [-0.15, -0.1) is 0 Å². The highest BCUT2D eigenvalue weighted by Crippen LogP contribution is 2.22. The lowest BCUT2D eigenvalue weighted by atomic mass is 10.1. The summed E-state index contributed by atoms with van der Waals surface area (Å²) in [4.78, 5) is 27.2. The zero-order valence-electron chi connectivity index (χ0n) is 19.7. The first-order valence-corrected chi connectivity index (χ1v) is 13.1. The first-order chi connectivity index (χ1) is 16.9. The van der Waals surface area contributed by atoms with E-state index in [0.29, 0.717) is 23.4 Å². The third-order valence-electron chi connectivity index (χ3n) is 6.19. The topological polar surface area (TPSA) is 86.8 Å². The second kappa shape index (κ2) is 10.7. The van der Waals surface area contributed by atoms with Gasteiger partial charge in [-0.25, -0.2) is 8.42 Å². The minimum atomic E-state index is -3.74. The minimum Gasteiger partial charge on any atom is -0.348 e. The molecule has 0 radical (unpaired) electrons. The van der Waals surface area contributed by atoms with Crippen LogP contribution in [0, 0.1) is 0 Å². The Labute approximate surface area is 206 Å². The predicted molar refractivity (Wildman–Crippen MR) is 136 cm³/mol. The van der Waals surface area contributed by atoms with E-state index in [0.717, 1.165) is 31.5 Å². The van der Waals surface area contributed by atoms with Crippen molar-refractivity contribution in [2.75, 3.05) is 24.4 Å². The van der Waals surface area contributed by atoms with Crippen LogP contribution in [0.3, 0.4) is 0 Å². The Hall–Kier alpha value is -3.65. The van der Waals surface area contributed by atoms with Gasteiger partial charge in [-0.3, -0.25) is 13.9 Å². The van der Waals surface area contributed by atoms with E-state index in [-0.39, 0.29) is 16.7 Å². The fourth-order valence-electron chi connectivity index (χ4n) is 4.04. The monoisotopic (exact) mass is 491 g/mol. The van der Waals surface area contributed by atoms with Crippen molar-refractivity contribution >= 4 is 27.5 Å². The third kappa shape index (κ3) is 5.71. The number of nitrogens with one attached hydrogen (secondary N) is 1. The SMILES string of the molecule is CN(c1ccccc1)S(=O)(=O)c1ccc(C(=O)NCc2ccc(C(=O)N3CCCCC3)cc2)cc1. The summed E-state index contributed by atoms with van der Waals surface area (Å²) in [5, 5.41) is 2.84. The van der Waals surface area contributed by atoms with E-state index in [1.54, 1.807) is 36.4 Å². The molecule has 0 aromatic heterocycles. The second-order valence-electron chi connectivity index (χ2n) is 8.56. The maximum atomic E-state index is 12.9. The van der Waals surface area contributed by atoms with Crippen LogP contribution in [0.1, 0.15) is 45.5 Å². The molecule has 1 heterocycles. The summed E-state index contributed by atoms with van der Waals surface area (Å²) in [7, 11) is -2.24. The molecule has 1 N–H and O–H groups in total. The molecule has 7 nitrogen and oxygen atoms in total. The van der Waals surface area contributed by atoms with Crippen molar-refractivity contribution in [2.45, 2.75) is 30.7 Å². The fraction of sp³-hybridized carbons (Fsp3) is 0.259. The number of hydrogen-bond acceptors (Lipinski definition) is 4. The summed E-state index contributed by atoms with van der Waals surface area (Å²) in [5.41, 5.74) is 2.44. The summed E-state index contributed by atoms with van der Waals surface area (Å²) in [6.45, 7) is 1.91. The van der Waals surface area contributed by atoms with Gasteiger partial charge < -0.3 is 10.2 Å². The third-order valence-corrected chi connectivity index (χ3v) is 7.99. The number of hydrogen-bond donors (Lipinski definition) is 1. The molecule has 1 aliphatic heterocycles. The molecule has 0 saturated carbocycles. The average Bonchev–Trinajstić information content (AvgIpc) is 2.92. The van der Waals surface area contributed by atoms with E-state index in [2.05, 4.69) is 5.32 Å². The van der Waals surface area contributed by atoms with E-state index < -0.39 is 10.0 Å². The van der Waals surface area contributed by atoms with Gasteiger partial charge in [0.05, 0.1) is 10.6 Å². The Balaban J connectivity index is 1.35. The number of carbonyl (C=O) groups is 2. The number of rotatable bonds is 7. The first kappa shape index (κ1) is 24.5. The molecule has 0 bridgehead atoms. The van der Waals surface area contributed by atoms with Gasteiger partial charge in [0.1, 0.15) is 0 Å². The van der Waals surface area contributed by atoms with Gasteiger partial charge >= 0.3 is 0 Å². The van der Waals surface area contributed by atoms with Crippen LogP contribution in [-0.4, -0.2) is 45.3 Å². The highest BCUT2D eigenvalue weighted by atomic mass is 32.2. The Morgan fingerprint density at radius 2 is 1.43 bits per heavy atom. The molecule has 182 valence electrons. The highest BCUT2D eigenvalue weighted by Gasteiger charge is 2.22. The molecule has 3 aromatic rings. The number of piperidine rings is 1. The van der Waals surface area contributed by atoms with Crippen molar-refractivity contribution in [2.24, 2.45) is 0 Å². The van der Waals surface area contributed by atoms with Crippen molar-refractivity contribution < 1.29 is 18.0 Å². The number of nitrogens with zero attached hydrogens (tertiary/aromatic N) is 2.